The second kappa shape index (κ2) is 6.01. The lowest BCUT2D eigenvalue weighted by Gasteiger charge is -1.93. The highest BCUT2D eigenvalue weighted by atomic mass is 16.9. The molecule has 0 aliphatic rings. The summed E-state index contributed by atoms with van der Waals surface area (Å²) in [6, 6.07) is 9.72. The number of fused-ring (bicyclic) bond motifs is 1. The van der Waals surface area contributed by atoms with E-state index in [2.05, 4.69) is 10.1 Å². The molecular formula is C10H9N3O4. The third-order valence-corrected chi connectivity index (χ3v) is 1.94. The summed E-state index contributed by atoms with van der Waals surface area (Å²) in [7, 11) is 0. The molecule has 17 heavy (non-hydrogen) atoms. The van der Waals surface area contributed by atoms with E-state index in [1.54, 1.807) is 0 Å². The lowest BCUT2D eigenvalue weighted by molar-refractivity contribution is -0.402. The summed E-state index contributed by atoms with van der Waals surface area (Å²) in [5.74, 6) is 0. The molecule has 1 heterocycles. The van der Waals surface area contributed by atoms with E-state index in [9.17, 15) is 0 Å². The van der Waals surface area contributed by atoms with Crippen molar-refractivity contribution in [3.63, 3.8) is 0 Å². The van der Waals surface area contributed by atoms with Gasteiger partial charge in [0.2, 0.25) is 5.52 Å². The highest BCUT2D eigenvalue weighted by Gasteiger charge is 2.02. The Bertz CT molecular complexity index is 533. The molecule has 2 aromatic rings. The number of rotatable bonds is 1. The van der Waals surface area contributed by atoms with E-state index in [1.807, 2.05) is 36.5 Å². The third kappa shape index (κ3) is 3.74. The van der Waals surface area contributed by atoms with Gasteiger partial charge in [0.05, 0.1) is 16.7 Å². The quantitative estimate of drug-likeness (QED) is 0.346. The molecule has 0 atom stereocenters. The molecule has 0 saturated carbocycles. The minimum atomic E-state index is -1.75. The lowest BCUT2D eigenvalue weighted by atomic mass is 10.1. The van der Waals surface area contributed by atoms with Crippen LogP contribution >= 0.6 is 0 Å². The first-order valence-corrected chi connectivity index (χ1v) is 4.53. The van der Waals surface area contributed by atoms with Crippen LogP contribution in [0.25, 0.3) is 10.9 Å². The van der Waals surface area contributed by atoms with Crippen molar-refractivity contribution in [3.05, 3.63) is 57.4 Å². The normalized spacial score (nSPS) is 9.88. The Labute approximate surface area is 95.7 Å². The van der Waals surface area contributed by atoms with Gasteiger partial charge in [-0.05, 0) is 6.07 Å². The number of para-hydroxylation sites is 1. The largest absolute Gasteiger partial charge is 0.411 e. The molecule has 7 nitrogen and oxygen atoms in total. The first kappa shape index (κ1) is 12.4. The number of aromatic amines is 1. The van der Waals surface area contributed by atoms with Crippen molar-refractivity contribution >= 4 is 17.1 Å². The fourth-order valence-electron chi connectivity index (χ4n) is 1.35. The first-order valence-electron chi connectivity index (χ1n) is 4.53. The number of nitrogens with one attached hydrogen (secondary N) is 1. The number of hydrogen-bond acceptors (Lipinski definition) is 5. The molecule has 2 rings (SSSR count). The first-order chi connectivity index (χ1) is 8.15. The minimum Gasteiger partial charge on any atom is -0.411 e. The molecule has 1 aromatic heterocycles. The number of pyridine rings is 1. The average Bonchev–Trinajstić information content (AvgIpc) is 2.29. The standard InChI is InChI=1S/C10H8N2O.NO3/c13-12-7-8-5-6-11-10-4-2-1-3-9(8)10;2-1(3)4/h1-7,13H;/q;-1/p+1/b12-7+;. The lowest BCUT2D eigenvalue weighted by Crippen LogP contribution is -2.03. The van der Waals surface area contributed by atoms with Crippen LogP contribution in [-0.2, 0) is 0 Å². The van der Waals surface area contributed by atoms with E-state index in [0.717, 1.165) is 16.5 Å². The SMILES string of the molecule is O/N=C/c1cc[nH+]c2ccccc12.O=[N+]([O-])[O-]. The van der Waals surface area contributed by atoms with Crippen LogP contribution in [0, 0.1) is 15.3 Å². The van der Waals surface area contributed by atoms with Gasteiger partial charge < -0.3 is 20.5 Å². The highest BCUT2D eigenvalue weighted by molar-refractivity contribution is 5.96. The van der Waals surface area contributed by atoms with Gasteiger partial charge in [-0.25, -0.2) is 4.98 Å². The monoisotopic (exact) mass is 235 g/mol. The second-order valence-corrected chi connectivity index (χ2v) is 2.95. The molecule has 0 unspecified atom stereocenters. The summed E-state index contributed by atoms with van der Waals surface area (Å²) in [6.45, 7) is 0. The molecule has 88 valence electrons. The number of nitrogens with zero attached hydrogens (tertiary/aromatic N) is 2. The Balaban J connectivity index is 0.000000317. The van der Waals surface area contributed by atoms with Crippen molar-refractivity contribution in [1.82, 2.24) is 0 Å². The van der Waals surface area contributed by atoms with Crippen LogP contribution in [0.2, 0.25) is 0 Å². The summed E-state index contributed by atoms with van der Waals surface area (Å²) >= 11 is 0. The molecule has 0 bridgehead atoms. The molecule has 7 heteroatoms. The van der Waals surface area contributed by atoms with Crippen LogP contribution in [0.5, 0.6) is 0 Å². The predicted molar refractivity (Wildman–Crippen MR) is 60.2 cm³/mol. The molecular weight excluding hydrogens is 226 g/mol. The zero-order valence-electron chi connectivity index (χ0n) is 8.61. The summed E-state index contributed by atoms with van der Waals surface area (Å²) in [5.41, 5.74) is 1.93. The fraction of sp³-hybridized carbons (Fsp3) is 0. The van der Waals surface area contributed by atoms with Gasteiger partial charge in [0.1, 0.15) is 0 Å². The van der Waals surface area contributed by atoms with Crippen molar-refractivity contribution in [2.24, 2.45) is 5.16 Å². The van der Waals surface area contributed by atoms with E-state index in [-0.39, 0.29) is 0 Å². The molecule has 2 N–H and O–H groups in total. The van der Waals surface area contributed by atoms with Gasteiger partial charge in [0.15, 0.2) is 6.20 Å². The van der Waals surface area contributed by atoms with E-state index < -0.39 is 5.09 Å². The molecule has 0 aliphatic carbocycles. The predicted octanol–water partition coefficient (Wildman–Crippen LogP) is 1.22. The van der Waals surface area contributed by atoms with Crippen molar-refractivity contribution in [2.75, 3.05) is 0 Å². The maximum absolute atomic E-state index is 8.44. The number of hydrogen-bond donors (Lipinski definition) is 1. The van der Waals surface area contributed by atoms with Gasteiger partial charge in [0, 0.05) is 17.7 Å². The summed E-state index contributed by atoms with van der Waals surface area (Å²) in [5, 5.41) is 27.2. The Hall–Kier alpha value is -2.70. The molecule has 0 saturated heterocycles. The maximum Gasteiger partial charge on any atom is 0.211 e. The topological polar surface area (TPSA) is 113 Å². The second-order valence-electron chi connectivity index (χ2n) is 2.95. The van der Waals surface area contributed by atoms with Crippen LogP contribution in [0.3, 0.4) is 0 Å². The van der Waals surface area contributed by atoms with Gasteiger partial charge in [-0.2, -0.15) is 0 Å². The Morgan fingerprint density at radius 3 is 2.59 bits per heavy atom. The minimum absolute atomic E-state index is 0.900. The summed E-state index contributed by atoms with van der Waals surface area (Å²) in [4.78, 5) is 11.4. The summed E-state index contributed by atoms with van der Waals surface area (Å²) < 4.78 is 0. The number of H-pyrrole nitrogens is 1. The zero-order chi connectivity index (χ0) is 12.7. The Morgan fingerprint density at radius 2 is 1.94 bits per heavy atom. The van der Waals surface area contributed by atoms with E-state index >= 15 is 0 Å². The van der Waals surface area contributed by atoms with Gasteiger partial charge in [-0.15, -0.1) is 0 Å². The van der Waals surface area contributed by atoms with E-state index in [1.165, 1.54) is 6.21 Å². The average molecular weight is 235 g/mol. The maximum atomic E-state index is 8.44. The molecule has 0 spiro atoms. The molecule has 0 amide bonds. The van der Waals surface area contributed by atoms with Crippen LogP contribution in [0.1, 0.15) is 5.56 Å². The van der Waals surface area contributed by atoms with Crippen LogP contribution in [0.15, 0.2) is 41.7 Å². The van der Waals surface area contributed by atoms with E-state index in [4.69, 9.17) is 20.5 Å². The van der Waals surface area contributed by atoms with E-state index in [0.29, 0.717) is 0 Å². The number of aromatic nitrogens is 1. The van der Waals surface area contributed by atoms with Crippen LogP contribution in [-0.4, -0.2) is 16.5 Å². The molecule has 0 radical (unpaired) electrons. The molecule has 0 fully saturated rings. The van der Waals surface area contributed by atoms with Crippen molar-refractivity contribution in [2.45, 2.75) is 0 Å². The van der Waals surface area contributed by atoms with Crippen molar-refractivity contribution in [3.8, 4) is 0 Å². The summed E-state index contributed by atoms with van der Waals surface area (Å²) in [6.07, 6.45) is 3.25. The molecule has 0 aliphatic heterocycles. The van der Waals surface area contributed by atoms with Crippen molar-refractivity contribution < 1.29 is 15.3 Å². The van der Waals surface area contributed by atoms with Gasteiger partial charge in [-0.1, -0.05) is 17.3 Å². The Kier molecular flexibility index (Phi) is 4.37. The smallest absolute Gasteiger partial charge is 0.211 e. The number of oxime groups is 1. The number of benzene rings is 1. The van der Waals surface area contributed by atoms with Crippen molar-refractivity contribution in [1.29, 1.82) is 0 Å². The third-order valence-electron chi connectivity index (χ3n) is 1.94. The van der Waals surface area contributed by atoms with Crippen LogP contribution < -0.4 is 4.98 Å². The molecule has 1 aromatic carbocycles. The van der Waals surface area contributed by atoms with Crippen LogP contribution in [0.4, 0.5) is 0 Å². The fourth-order valence-corrected chi connectivity index (χ4v) is 1.35. The zero-order valence-corrected chi connectivity index (χ0v) is 8.61. The highest BCUT2D eigenvalue weighted by Crippen LogP contribution is 2.11. The van der Waals surface area contributed by atoms with Gasteiger partial charge in [0.25, 0.3) is 0 Å². The Morgan fingerprint density at radius 1 is 1.29 bits per heavy atom. The van der Waals surface area contributed by atoms with Gasteiger partial charge in [-0.3, -0.25) is 0 Å². The van der Waals surface area contributed by atoms with Gasteiger partial charge >= 0.3 is 0 Å².